The Hall–Kier alpha value is -2.17. The number of nitrogens with one attached hydrogen (secondary N) is 2. The summed E-state index contributed by atoms with van der Waals surface area (Å²) in [5, 5.41) is 5.53. The van der Waals surface area contributed by atoms with E-state index in [-0.39, 0.29) is 23.6 Å². The van der Waals surface area contributed by atoms with Crippen molar-refractivity contribution in [2.75, 3.05) is 5.32 Å². The topological polar surface area (TPSA) is 75.3 Å². The smallest absolute Gasteiger partial charge is 0.237 e. The van der Waals surface area contributed by atoms with Gasteiger partial charge in [-0.15, -0.1) is 0 Å². The van der Waals surface area contributed by atoms with Gasteiger partial charge < -0.3 is 5.32 Å². The van der Waals surface area contributed by atoms with Crippen LogP contribution in [0.2, 0.25) is 0 Å². The molecule has 2 fully saturated rings. The maximum atomic E-state index is 12.7. The minimum atomic E-state index is -0.665. The Morgan fingerprint density at radius 3 is 2.24 bits per heavy atom. The molecule has 3 amide bonds. The van der Waals surface area contributed by atoms with Crippen LogP contribution in [0.3, 0.4) is 0 Å². The number of benzene rings is 1. The second-order valence-electron chi connectivity index (χ2n) is 9.79. The standard InChI is InChI=1S/C24H34N2O3/c1-5-24(15-14-20(27)26-22(24)29)18-10-12-19(13-11-18)25-21(28)16-6-8-17(9-7-16)23(2,3)4/h10-13,16-17H,5-9,14-15H2,1-4H3,(H,25,28)(H,26,27,29). The maximum absolute atomic E-state index is 12.7. The highest BCUT2D eigenvalue weighted by molar-refractivity contribution is 6.03. The third kappa shape index (κ3) is 4.54. The highest BCUT2D eigenvalue weighted by Crippen LogP contribution is 2.40. The van der Waals surface area contributed by atoms with Crippen LogP contribution in [0.1, 0.15) is 78.2 Å². The Morgan fingerprint density at radius 2 is 1.72 bits per heavy atom. The van der Waals surface area contributed by atoms with Gasteiger partial charge in [0.15, 0.2) is 0 Å². The Bertz CT molecular complexity index is 770. The molecule has 5 heteroatoms. The molecule has 158 valence electrons. The molecule has 1 heterocycles. The van der Waals surface area contributed by atoms with Gasteiger partial charge in [-0.2, -0.15) is 0 Å². The van der Waals surface area contributed by atoms with Gasteiger partial charge in [0, 0.05) is 18.0 Å². The SMILES string of the molecule is CCC1(c2ccc(NC(=O)C3CCC(C(C)(C)C)CC3)cc2)CCC(=O)NC1=O. The first-order valence-corrected chi connectivity index (χ1v) is 10.9. The van der Waals surface area contributed by atoms with Gasteiger partial charge in [0.2, 0.25) is 17.7 Å². The van der Waals surface area contributed by atoms with Gasteiger partial charge in [-0.3, -0.25) is 19.7 Å². The van der Waals surface area contributed by atoms with Gasteiger partial charge in [-0.25, -0.2) is 0 Å². The van der Waals surface area contributed by atoms with E-state index in [9.17, 15) is 14.4 Å². The van der Waals surface area contributed by atoms with Crippen LogP contribution in [0.15, 0.2) is 24.3 Å². The van der Waals surface area contributed by atoms with Crippen LogP contribution in [-0.4, -0.2) is 17.7 Å². The molecule has 0 aromatic heterocycles. The van der Waals surface area contributed by atoms with E-state index in [0.717, 1.165) is 36.9 Å². The molecular formula is C24H34N2O3. The molecule has 1 aliphatic heterocycles. The van der Waals surface area contributed by atoms with E-state index in [1.807, 2.05) is 31.2 Å². The third-order valence-electron chi connectivity index (χ3n) is 7.10. The quantitative estimate of drug-likeness (QED) is 0.730. The summed E-state index contributed by atoms with van der Waals surface area (Å²) in [4.78, 5) is 36.8. The van der Waals surface area contributed by atoms with Gasteiger partial charge in [-0.1, -0.05) is 39.8 Å². The minimum Gasteiger partial charge on any atom is -0.326 e. The lowest BCUT2D eigenvalue weighted by Crippen LogP contribution is -2.51. The van der Waals surface area contributed by atoms with Crippen LogP contribution >= 0.6 is 0 Å². The van der Waals surface area contributed by atoms with E-state index >= 15 is 0 Å². The minimum absolute atomic E-state index is 0.0744. The number of hydrogen-bond acceptors (Lipinski definition) is 3. The molecule has 2 aliphatic rings. The molecular weight excluding hydrogens is 364 g/mol. The lowest BCUT2D eigenvalue weighted by molar-refractivity contribution is -0.138. The van der Waals surface area contributed by atoms with Gasteiger partial charge in [0.1, 0.15) is 0 Å². The molecule has 2 N–H and O–H groups in total. The first-order valence-electron chi connectivity index (χ1n) is 10.9. The Morgan fingerprint density at radius 1 is 1.10 bits per heavy atom. The molecule has 3 rings (SSSR count). The fraction of sp³-hybridized carbons (Fsp3) is 0.625. The third-order valence-corrected chi connectivity index (χ3v) is 7.10. The maximum Gasteiger partial charge on any atom is 0.237 e. The first-order chi connectivity index (χ1) is 13.7. The van der Waals surface area contributed by atoms with E-state index in [1.54, 1.807) is 0 Å². The zero-order valence-corrected chi connectivity index (χ0v) is 18.1. The van der Waals surface area contributed by atoms with Crippen molar-refractivity contribution in [1.82, 2.24) is 5.32 Å². The first kappa shape index (κ1) is 21.5. The Labute approximate surface area is 174 Å². The molecule has 1 saturated carbocycles. The van der Waals surface area contributed by atoms with E-state index in [4.69, 9.17) is 0 Å². The number of carbonyl (C=O) groups excluding carboxylic acids is 3. The highest BCUT2D eigenvalue weighted by Gasteiger charge is 2.42. The average molecular weight is 399 g/mol. The van der Waals surface area contributed by atoms with E-state index in [1.165, 1.54) is 0 Å². The average Bonchev–Trinajstić information content (AvgIpc) is 2.69. The summed E-state index contributed by atoms with van der Waals surface area (Å²) < 4.78 is 0. The second kappa shape index (κ2) is 8.29. The molecule has 5 nitrogen and oxygen atoms in total. The van der Waals surface area contributed by atoms with Crippen molar-refractivity contribution in [3.63, 3.8) is 0 Å². The number of piperidine rings is 1. The molecule has 0 spiro atoms. The molecule has 1 saturated heterocycles. The molecule has 1 aliphatic carbocycles. The Balaban J connectivity index is 1.63. The van der Waals surface area contributed by atoms with Crippen molar-refractivity contribution in [3.05, 3.63) is 29.8 Å². The molecule has 1 atom stereocenters. The van der Waals surface area contributed by atoms with Crippen molar-refractivity contribution >= 4 is 23.4 Å². The molecule has 0 radical (unpaired) electrons. The molecule has 0 bridgehead atoms. The van der Waals surface area contributed by atoms with Crippen LogP contribution in [0, 0.1) is 17.3 Å². The number of amides is 3. The number of hydrogen-bond donors (Lipinski definition) is 2. The summed E-state index contributed by atoms with van der Waals surface area (Å²) in [5.74, 6) is 0.430. The van der Waals surface area contributed by atoms with Crippen LogP contribution < -0.4 is 10.6 Å². The van der Waals surface area contributed by atoms with Crippen LogP contribution in [0.5, 0.6) is 0 Å². The summed E-state index contributed by atoms with van der Waals surface area (Å²) in [6.45, 7) is 8.82. The van der Waals surface area contributed by atoms with Gasteiger partial charge in [0.25, 0.3) is 0 Å². The normalized spacial score (nSPS) is 28.0. The summed E-state index contributed by atoms with van der Waals surface area (Å²) >= 11 is 0. The second-order valence-corrected chi connectivity index (χ2v) is 9.79. The van der Waals surface area contributed by atoms with Crippen molar-refractivity contribution in [3.8, 4) is 0 Å². The predicted octanol–water partition coefficient (Wildman–Crippen LogP) is 4.56. The number of anilines is 1. The van der Waals surface area contributed by atoms with Crippen molar-refractivity contribution in [2.45, 2.75) is 78.1 Å². The molecule has 1 unspecified atom stereocenters. The summed E-state index contributed by atoms with van der Waals surface area (Å²) in [7, 11) is 0. The zero-order valence-electron chi connectivity index (χ0n) is 18.1. The van der Waals surface area contributed by atoms with Gasteiger partial charge in [-0.05, 0) is 67.6 Å². The summed E-state index contributed by atoms with van der Waals surface area (Å²) in [5.41, 5.74) is 1.30. The van der Waals surface area contributed by atoms with Crippen molar-refractivity contribution < 1.29 is 14.4 Å². The van der Waals surface area contributed by atoms with Gasteiger partial charge >= 0.3 is 0 Å². The number of imide groups is 1. The molecule has 29 heavy (non-hydrogen) atoms. The fourth-order valence-electron chi connectivity index (χ4n) is 4.90. The lowest BCUT2D eigenvalue weighted by atomic mass is 9.69. The van der Waals surface area contributed by atoms with E-state index < -0.39 is 5.41 Å². The van der Waals surface area contributed by atoms with Crippen molar-refractivity contribution in [1.29, 1.82) is 0 Å². The largest absolute Gasteiger partial charge is 0.326 e. The Kier molecular flexibility index (Phi) is 6.16. The van der Waals surface area contributed by atoms with E-state index in [2.05, 4.69) is 31.4 Å². The van der Waals surface area contributed by atoms with Gasteiger partial charge in [0.05, 0.1) is 5.41 Å². The highest BCUT2D eigenvalue weighted by atomic mass is 16.2. The lowest BCUT2D eigenvalue weighted by Gasteiger charge is -2.36. The van der Waals surface area contributed by atoms with Crippen molar-refractivity contribution in [2.24, 2.45) is 17.3 Å². The fourth-order valence-corrected chi connectivity index (χ4v) is 4.90. The van der Waals surface area contributed by atoms with Crippen LogP contribution in [-0.2, 0) is 19.8 Å². The zero-order chi connectivity index (χ0) is 21.2. The molecule has 1 aromatic carbocycles. The number of rotatable bonds is 4. The number of carbonyl (C=O) groups is 3. The van der Waals surface area contributed by atoms with Crippen LogP contribution in [0.25, 0.3) is 0 Å². The van der Waals surface area contributed by atoms with E-state index in [0.29, 0.717) is 30.6 Å². The monoisotopic (exact) mass is 398 g/mol. The van der Waals surface area contributed by atoms with Crippen LogP contribution in [0.4, 0.5) is 5.69 Å². The summed E-state index contributed by atoms with van der Waals surface area (Å²) in [6, 6.07) is 7.56. The molecule has 1 aromatic rings. The predicted molar refractivity (Wildman–Crippen MR) is 114 cm³/mol. The summed E-state index contributed by atoms with van der Waals surface area (Å²) in [6.07, 6.45) is 5.61.